The van der Waals surface area contributed by atoms with E-state index >= 15 is 0 Å². The summed E-state index contributed by atoms with van der Waals surface area (Å²) in [6.07, 6.45) is 11.7. The van der Waals surface area contributed by atoms with Crippen LogP contribution in [0.2, 0.25) is 0 Å². The molecule has 1 aliphatic rings. The van der Waals surface area contributed by atoms with Crippen molar-refractivity contribution < 1.29 is 37.4 Å². The zero-order valence-electron chi connectivity index (χ0n) is 39.9. The number of nitrogens with one attached hydrogen (secondary N) is 3. The van der Waals surface area contributed by atoms with Gasteiger partial charge in [0.15, 0.2) is 0 Å². The van der Waals surface area contributed by atoms with Crippen molar-refractivity contribution in [3.05, 3.63) is 148 Å². The maximum Gasteiger partial charge on any atom is 0.433 e. The number of benzene rings is 3. The Morgan fingerprint density at radius 3 is 2.38 bits per heavy atom. The summed E-state index contributed by atoms with van der Waals surface area (Å²) in [5.41, 5.74) is 1.78. The van der Waals surface area contributed by atoms with Gasteiger partial charge in [-0.3, -0.25) is 28.8 Å². The number of fused-ring (bicyclic) bond motifs is 2. The highest BCUT2D eigenvalue weighted by molar-refractivity contribution is 6.06. The molecule has 1 fully saturated rings. The van der Waals surface area contributed by atoms with Crippen molar-refractivity contribution in [2.75, 3.05) is 30.8 Å². The van der Waals surface area contributed by atoms with Gasteiger partial charge >= 0.3 is 12.1 Å². The number of hydrogen-bond donors (Lipinski definition) is 4. The molecule has 0 atom stereocenters. The van der Waals surface area contributed by atoms with E-state index in [4.69, 9.17) is 5.10 Å². The first kappa shape index (κ1) is 50.2. The highest BCUT2D eigenvalue weighted by Gasteiger charge is 2.33. The van der Waals surface area contributed by atoms with Gasteiger partial charge in [0.25, 0.3) is 17.4 Å². The van der Waals surface area contributed by atoms with Gasteiger partial charge in [-0.05, 0) is 137 Å². The highest BCUT2D eigenvalue weighted by Crippen LogP contribution is 2.37. The fourth-order valence-electron chi connectivity index (χ4n) is 9.30. The molecule has 0 spiro atoms. The lowest BCUT2D eigenvalue weighted by Crippen LogP contribution is -2.28. The minimum absolute atomic E-state index is 0.193. The van der Waals surface area contributed by atoms with Crippen LogP contribution < -0.4 is 21.5 Å². The number of aliphatic hydroxyl groups is 1. The average Bonchev–Trinajstić information content (AvgIpc) is 3.78. The number of esters is 1. The predicted molar refractivity (Wildman–Crippen MR) is 266 cm³/mol. The van der Waals surface area contributed by atoms with Crippen molar-refractivity contribution in [2.24, 2.45) is 5.92 Å². The predicted octanol–water partition coefficient (Wildman–Crippen LogP) is 9.86. The van der Waals surface area contributed by atoms with Crippen LogP contribution in [0.3, 0.4) is 0 Å². The molecule has 4 N–H and O–H groups in total. The zero-order valence-corrected chi connectivity index (χ0v) is 39.9. The van der Waals surface area contributed by atoms with Gasteiger partial charge < -0.3 is 30.4 Å². The average molecular weight is 971 g/mol. The van der Waals surface area contributed by atoms with E-state index in [1.54, 1.807) is 32.0 Å². The highest BCUT2D eigenvalue weighted by atomic mass is 19.4. The van der Waals surface area contributed by atoms with Crippen LogP contribution in [0.5, 0.6) is 0 Å². The summed E-state index contributed by atoms with van der Waals surface area (Å²) in [5.74, 6) is -1.19. The number of hydrogen-bond acceptors (Lipinski definition) is 10. The number of methoxy groups -OCH3 is 1. The van der Waals surface area contributed by atoms with E-state index in [0.717, 1.165) is 110 Å². The second-order valence-electron chi connectivity index (χ2n) is 18.7. The van der Waals surface area contributed by atoms with Gasteiger partial charge in [0.2, 0.25) is 0 Å². The van der Waals surface area contributed by atoms with Gasteiger partial charge in [0.1, 0.15) is 17.9 Å². The quantitative estimate of drug-likeness (QED) is 0.0477. The second kappa shape index (κ2) is 21.8. The third kappa shape index (κ3) is 12.4. The number of rotatable bonds is 18. The van der Waals surface area contributed by atoms with Crippen LogP contribution >= 0.6 is 0 Å². The molecule has 71 heavy (non-hydrogen) atoms. The Morgan fingerprint density at radius 2 is 1.61 bits per heavy atom. The molecule has 3 aromatic carbocycles. The summed E-state index contributed by atoms with van der Waals surface area (Å²) >= 11 is 0. The summed E-state index contributed by atoms with van der Waals surface area (Å²) in [5, 5.41) is 27.9. The molecule has 14 nitrogen and oxygen atoms in total. The number of pyridine rings is 3. The molecule has 0 aliphatic heterocycles. The molecule has 0 unspecified atom stereocenters. The molecular weight excluding hydrogens is 914 g/mol. The van der Waals surface area contributed by atoms with Crippen molar-refractivity contribution >= 4 is 50.8 Å². The first-order valence-electron chi connectivity index (χ1n) is 23.9. The maximum absolute atomic E-state index is 13.3. The first-order valence-corrected chi connectivity index (χ1v) is 23.9. The van der Waals surface area contributed by atoms with Crippen LogP contribution in [0.15, 0.2) is 115 Å². The minimum Gasteiger partial charge on any atom is -0.468 e. The lowest BCUT2D eigenvalue weighted by atomic mass is 9.86. The van der Waals surface area contributed by atoms with Crippen molar-refractivity contribution in [1.29, 1.82) is 0 Å². The van der Waals surface area contributed by atoms with Crippen molar-refractivity contribution in [3.63, 3.8) is 0 Å². The molecule has 370 valence electrons. The Bertz CT molecular complexity index is 3120. The molecule has 8 rings (SSSR count). The molecule has 0 bridgehead atoms. The Labute approximate surface area is 408 Å². The molecule has 7 aromatic rings. The Morgan fingerprint density at radius 1 is 0.831 bits per heavy atom. The third-order valence-corrected chi connectivity index (χ3v) is 13.1. The van der Waals surface area contributed by atoms with E-state index in [1.165, 1.54) is 41.6 Å². The first-order chi connectivity index (χ1) is 34.0. The van der Waals surface area contributed by atoms with Crippen molar-refractivity contribution in [3.8, 4) is 11.1 Å². The van der Waals surface area contributed by atoms with Gasteiger partial charge in [-0.2, -0.15) is 18.3 Å². The lowest BCUT2D eigenvalue weighted by molar-refractivity contribution is -0.142. The smallest absolute Gasteiger partial charge is 0.433 e. The Hall–Kier alpha value is -7.24. The van der Waals surface area contributed by atoms with Gasteiger partial charge in [0.05, 0.1) is 30.0 Å². The maximum atomic E-state index is 13.3. The van der Waals surface area contributed by atoms with Gasteiger partial charge in [-0.1, -0.05) is 49.2 Å². The topological polar surface area (TPSA) is 182 Å². The number of aromatic nitrogens is 5. The van der Waals surface area contributed by atoms with E-state index < -0.39 is 29.3 Å². The summed E-state index contributed by atoms with van der Waals surface area (Å²) in [6, 6.07) is 23.2. The van der Waals surface area contributed by atoms with Crippen LogP contribution in [-0.4, -0.2) is 67.4 Å². The number of nitrogens with zero attached hydrogens (tertiary/aromatic N) is 5. The lowest BCUT2D eigenvalue weighted by Gasteiger charge is -2.28. The summed E-state index contributed by atoms with van der Waals surface area (Å²) < 4.78 is 47.7. The van der Waals surface area contributed by atoms with Crippen LogP contribution in [0.25, 0.3) is 32.8 Å². The molecule has 0 saturated heterocycles. The molecule has 17 heteroatoms. The van der Waals surface area contributed by atoms with E-state index in [0.29, 0.717) is 28.2 Å². The minimum atomic E-state index is -4.70. The molecule has 1 saturated carbocycles. The van der Waals surface area contributed by atoms with Crippen LogP contribution in [-0.2, 0) is 34.3 Å². The number of carbonyl (C=O) groups excluding carboxylic acids is 3. The van der Waals surface area contributed by atoms with E-state index in [-0.39, 0.29) is 35.4 Å². The van der Waals surface area contributed by atoms with Crippen LogP contribution in [0, 0.1) is 5.92 Å². The van der Waals surface area contributed by atoms with Crippen LogP contribution in [0.4, 0.5) is 24.5 Å². The Kier molecular flexibility index (Phi) is 15.4. The number of alkyl halides is 3. The van der Waals surface area contributed by atoms with Gasteiger partial charge in [-0.25, -0.2) is 4.98 Å². The zero-order chi connectivity index (χ0) is 50.3. The SMILES string of the molecule is COC(=O)Cn1cc(NC(=O)c2cccc(-c3cncc4c(CCCCCCNCC5CCC(n6cc7cc(NC(=O)c8cccc(C(F)(F)F)n8)c(C(C)(C)O)cc7n6)CC5)cccc34)c2)ccc1=O. The van der Waals surface area contributed by atoms with E-state index in [9.17, 15) is 37.5 Å². The molecule has 2 amide bonds. The molecule has 0 radical (unpaired) electrons. The monoisotopic (exact) mass is 970 g/mol. The number of carbonyl (C=O) groups is 3. The molecule has 4 aromatic heterocycles. The molecule has 4 heterocycles. The summed E-state index contributed by atoms with van der Waals surface area (Å²) in [7, 11) is 1.24. The Balaban J connectivity index is 0.782. The largest absolute Gasteiger partial charge is 0.468 e. The fourth-order valence-corrected chi connectivity index (χ4v) is 9.30. The van der Waals surface area contributed by atoms with E-state index in [2.05, 4.69) is 48.9 Å². The summed E-state index contributed by atoms with van der Waals surface area (Å²) in [6.45, 7) is 4.79. The standard InChI is InChI=1S/C54H57F3N8O6/c1-53(2,70)44-27-46-38(26-47(44)62-52(69)45-16-10-17-48(61-45)54(55,56)57)31-65(63-46)40-21-18-34(19-22-40)28-58-24-7-5-4-6-11-35-12-9-15-41-42(35)29-59-30-43(41)36-13-8-14-37(25-36)51(68)60-39-20-23-49(66)64(32-39)33-50(67)71-3/h8-10,12-17,20,23,25-27,29-32,34,40,58,70H,4-7,11,18-19,21-22,24,28,33H2,1-3H3,(H,60,68)(H,62,69). The normalized spacial score (nSPS) is 15.2. The second-order valence-corrected chi connectivity index (χ2v) is 18.7. The molecular formula is C54H57F3N8O6. The van der Waals surface area contributed by atoms with Crippen molar-refractivity contribution in [1.82, 2.24) is 29.6 Å². The number of halogens is 3. The third-order valence-electron chi connectivity index (χ3n) is 13.1. The number of ether oxygens (including phenoxy) is 1. The summed E-state index contributed by atoms with van der Waals surface area (Å²) in [4.78, 5) is 58.5. The molecule has 1 aliphatic carbocycles. The fraction of sp³-hybridized carbons (Fsp3) is 0.352. The number of aryl methyl sites for hydroxylation is 1. The van der Waals surface area contributed by atoms with E-state index in [1.807, 2.05) is 41.5 Å². The van der Waals surface area contributed by atoms with Crippen molar-refractivity contribution in [2.45, 2.75) is 96.0 Å². The number of anilines is 2. The van der Waals surface area contributed by atoms with Gasteiger partial charge in [0, 0.05) is 64.0 Å². The van der Waals surface area contributed by atoms with Gasteiger partial charge in [-0.15, -0.1) is 0 Å². The number of amides is 2. The van der Waals surface area contributed by atoms with Crippen LogP contribution in [0.1, 0.15) is 109 Å². The number of unbranched alkanes of at least 4 members (excludes halogenated alkanes) is 3.